The molecule has 2 rings (SSSR count). The van der Waals surface area contributed by atoms with E-state index in [9.17, 15) is 0 Å². The lowest BCUT2D eigenvalue weighted by atomic mass is 9.96. The van der Waals surface area contributed by atoms with Gasteiger partial charge in [0.2, 0.25) is 0 Å². The summed E-state index contributed by atoms with van der Waals surface area (Å²) in [7, 11) is 1.98. The first-order valence-electron chi connectivity index (χ1n) is 6.31. The lowest BCUT2D eigenvalue weighted by Crippen LogP contribution is -2.20. The molecule has 1 atom stereocenters. The molecule has 2 aromatic rings. The van der Waals surface area contributed by atoms with Gasteiger partial charge in [-0.05, 0) is 37.6 Å². The number of rotatable bonds is 4. The molecule has 1 N–H and O–H groups in total. The van der Waals surface area contributed by atoms with E-state index in [0.29, 0.717) is 0 Å². The highest BCUT2D eigenvalue weighted by atomic mass is 15.1. The summed E-state index contributed by atoms with van der Waals surface area (Å²) in [4.78, 5) is 0. The Hall–Kier alpha value is -1.74. The second-order valence-corrected chi connectivity index (χ2v) is 4.37. The Balaban J connectivity index is 2.48. The smallest absolute Gasteiger partial charge is 0.0679 e. The highest BCUT2D eigenvalue weighted by molar-refractivity contribution is 5.34. The van der Waals surface area contributed by atoms with Crippen molar-refractivity contribution in [3.63, 3.8) is 0 Å². The molecular weight excluding hydrogens is 222 g/mol. The number of aryl methyl sites for hydroxylation is 2. The van der Waals surface area contributed by atoms with Gasteiger partial charge in [0.1, 0.15) is 0 Å². The molecule has 0 aliphatic carbocycles. The first kappa shape index (κ1) is 12.7. The summed E-state index contributed by atoms with van der Waals surface area (Å²) in [5, 5.41) is 11.8. The second kappa shape index (κ2) is 5.74. The summed E-state index contributed by atoms with van der Waals surface area (Å²) in [6, 6.07) is 12.7. The zero-order valence-electron chi connectivity index (χ0n) is 11.1. The molecule has 1 heterocycles. The van der Waals surface area contributed by atoms with Crippen LogP contribution in [0.5, 0.6) is 0 Å². The summed E-state index contributed by atoms with van der Waals surface area (Å²) in [6.07, 6.45) is 0.896. The van der Waals surface area contributed by atoms with E-state index in [0.717, 1.165) is 17.8 Å². The van der Waals surface area contributed by atoms with Crippen molar-refractivity contribution in [1.29, 1.82) is 0 Å². The minimum Gasteiger partial charge on any atom is -0.309 e. The number of nitrogens with zero attached hydrogens (tertiary/aromatic N) is 2. The minimum atomic E-state index is 0.176. The molecule has 0 radical (unpaired) electrons. The van der Waals surface area contributed by atoms with E-state index in [1.54, 1.807) is 0 Å². The molecule has 0 spiro atoms. The maximum atomic E-state index is 4.30. The molecule has 94 valence electrons. The van der Waals surface area contributed by atoms with Gasteiger partial charge in [0.25, 0.3) is 0 Å². The van der Waals surface area contributed by atoms with Gasteiger partial charge in [-0.3, -0.25) is 0 Å². The standard InChI is InChI=1S/C15H19N3/c1-4-14-13(10-11(2)17-18-14)15(16-3)12-8-6-5-7-9-12/h5-10,15-16H,4H2,1-3H3. The normalized spacial score (nSPS) is 12.4. The molecule has 3 nitrogen and oxygen atoms in total. The summed E-state index contributed by atoms with van der Waals surface area (Å²) in [5.41, 5.74) is 4.49. The highest BCUT2D eigenvalue weighted by Crippen LogP contribution is 2.24. The van der Waals surface area contributed by atoms with E-state index in [2.05, 4.69) is 52.8 Å². The fraction of sp³-hybridized carbons (Fsp3) is 0.333. The third-order valence-electron chi connectivity index (χ3n) is 3.09. The van der Waals surface area contributed by atoms with Crippen LogP contribution in [0.2, 0.25) is 0 Å². The van der Waals surface area contributed by atoms with Crippen molar-refractivity contribution >= 4 is 0 Å². The number of aromatic nitrogens is 2. The molecule has 0 saturated carbocycles. The van der Waals surface area contributed by atoms with Crippen LogP contribution in [0.4, 0.5) is 0 Å². The number of benzene rings is 1. The predicted octanol–water partition coefficient (Wildman–Crippen LogP) is 2.66. The average molecular weight is 241 g/mol. The Kier molecular flexibility index (Phi) is 4.05. The molecule has 3 heteroatoms. The Morgan fingerprint density at radius 3 is 2.50 bits per heavy atom. The van der Waals surface area contributed by atoms with E-state index in [1.807, 2.05) is 20.0 Å². The second-order valence-electron chi connectivity index (χ2n) is 4.37. The first-order valence-corrected chi connectivity index (χ1v) is 6.31. The quantitative estimate of drug-likeness (QED) is 0.894. The van der Waals surface area contributed by atoms with E-state index >= 15 is 0 Å². The van der Waals surface area contributed by atoms with Gasteiger partial charge in [0, 0.05) is 0 Å². The Labute approximate surface area is 108 Å². The first-order chi connectivity index (χ1) is 8.76. The van der Waals surface area contributed by atoms with Crippen molar-refractivity contribution in [3.8, 4) is 0 Å². The fourth-order valence-corrected chi connectivity index (χ4v) is 2.21. The van der Waals surface area contributed by atoms with Crippen molar-refractivity contribution in [2.75, 3.05) is 7.05 Å². The van der Waals surface area contributed by atoms with Crippen molar-refractivity contribution in [1.82, 2.24) is 15.5 Å². The third kappa shape index (κ3) is 2.57. The minimum absolute atomic E-state index is 0.176. The van der Waals surface area contributed by atoms with Gasteiger partial charge < -0.3 is 5.32 Å². The van der Waals surface area contributed by atoms with Crippen LogP contribution in [0.25, 0.3) is 0 Å². The largest absolute Gasteiger partial charge is 0.309 e. The SMILES string of the molecule is CCc1nnc(C)cc1C(NC)c1ccccc1. The van der Waals surface area contributed by atoms with Crippen LogP contribution in [0.1, 0.15) is 35.5 Å². The summed E-state index contributed by atoms with van der Waals surface area (Å²) in [6.45, 7) is 4.09. The van der Waals surface area contributed by atoms with Crippen LogP contribution in [-0.4, -0.2) is 17.2 Å². The Bertz CT molecular complexity index is 508. The van der Waals surface area contributed by atoms with Gasteiger partial charge in [-0.25, -0.2) is 0 Å². The zero-order chi connectivity index (χ0) is 13.0. The Morgan fingerprint density at radius 1 is 1.17 bits per heavy atom. The van der Waals surface area contributed by atoms with Crippen LogP contribution >= 0.6 is 0 Å². The van der Waals surface area contributed by atoms with E-state index < -0.39 is 0 Å². The van der Waals surface area contributed by atoms with Gasteiger partial charge in [-0.2, -0.15) is 10.2 Å². The summed E-state index contributed by atoms with van der Waals surface area (Å²) in [5.74, 6) is 0. The molecular formula is C15H19N3. The van der Waals surface area contributed by atoms with Crippen LogP contribution in [0.3, 0.4) is 0 Å². The third-order valence-corrected chi connectivity index (χ3v) is 3.09. The molecule has 1 aromatic carbocycles. The van der Waals surface area contributed by atoms with Crippen molar-refractivity contribution < 1.29 is 0 Å². The van der Waals surface area contributed by atoms with Crippen molar-refractivity contribution in [2.45, 2.75) is 26.3 Å². The number of hydrogen-bond acceptors (Lipinski definition) is 3. The highest BCUT2D eigenvalue weighted by Gasteiger charge is 2.16. The molecule has 18 heavy (non-hydrogen) atoms. The molecule has 0 saturated heterocycles. The maximum absolute atomic E-state index is 4.30. The lowest BCUT2D eigenvalue weighted by molar-refractivity contribution is 0.669. The number of nitrogens with one attached hydrogen (secondary N) is 1. The van der Waals surface area contributed by atoms with Crippen LogP contribution in [0, 0.1) is 6.92 Å². The number of hydrogen-bond donors (Lipinski definition) is 1. The maximum Gasteiger partial charge on any atom is 0.0679 e. The molecule has 0 fully saturated rings. The molecule has 0 aliphatic heterocycles. The van der Waals surface area contributed by atoms with Crippen LogP contribution in [0.15, 0.2) is 36.4 Å². The molecule has 1 aromatic heterocycles. The van der Waals surface area contributed by atoms with Gasteiger partial charge in [0.15, 0.2) is 0 Å². The lowest BCUT2D eigenvalue weighted by Gasteiger charge is -2.19. The molecule has 1 unspecified atom stereocenters. The topological polar surface area (TPSA) is 37.8 Å². The van der Waals surface area contributed by atoms with E-state index in [4.69, 9.17) is 0 Å². The van der Waals surface area contributed by atoms with Gasteiger partial charge in [-0.15, -0.1) is 0 Å². The zero-order valence-corrected chi connectivity index (χ0v) is 11.1. The monoisotopic (exact) mass is 241 g/mol. The van der Waals surface area contributed by atoms with Crippen LogP contribution < -0.4 is 5.32 Å². The van der Waals surface area contributed by atoms with Crippen molar-refractivity contribution in [2.24, 2.45) is 0 Å². The predicted molar refractivity (Wildman–Crippen MR) is 73.5 cm³/mol. The van der Waals surface area contributed by atoms with Gasteiger partial charge in [0.05, 0.1) is 17.4 Å². The van der Waals surface area contributed by atoms with E-state index in [1.165, 1.54) is 11.1 Å². The molecule has 0 aliphatic rings. The average Bonchev–Trinajstić information content (AvgIpc) is 2.41. The summed E-state index contributed by atoms with van der Waals surface area (Å²) >= 11 is 0. The summed E-state index contributed by atoms with van der Waals surface area (Å²) < 4.78 is 0. The molecule has 0 amide bonds. The van der Waals surface area contributed by atoms with Gasteiger partial charge >= 0.3 is 0 Å². The van der Waals surface area contributed by atoms with Crippen molar-refractivity contribution in [3.05, 3.63) is 58.9 Å². The van der Waals surface area contributed by atoms with E-state index in [-0.39, 0.29) is 6.04 Å². The Morgan fingerprint density at radius 2 is 1.89 bits per heavy atom. The van der Waals surface area contributed by atoms with Gasteiger partial charge in [-0.1, -0.05) is 37.3 Å². The molecule has 0 bridgehead atoms. The van der Waals surface area contributed by atoms with Crippen LogP contribution in [-0.2, 0) is 6.42 Å². The fourth-order valence-electron chi connectivity index (χ4n) is 2.21.